The third kappa shape index (κ3) is 6.47. The molecule has 5 rings (SSSR count). The van der Waals surface area contributed by atoms with Gasteiger partial charge in [-0.05, 0) is 86.9 Å². The van der Waals surface area contributed by atoms with Gasteiger partial charge in [0.25, 0.3) is 5.91 Å². The standard InChI is InChI=1S/C29H33F3N4O6S2/c1-19-17-25(44(33,41)42)10-5-20(19)11-16-43(39,40)35-14-12-28(13-15-35)27(38)36(23-6-8-24(37)9-7-23)26(34-28)21-3-2-4-22(18-21)29(30,31)32/h2-5,10-11,16-18,23-24,37H,6-9,12-15H2,1H3,(H2,33,41,42)/b16-11+. The number of aryl methyl sites for hydroxylation is 1. The van der Waals surface area contributed by atoms with Crippen molar-refractivity contribution in [1.82, 2.24) is 9.21 Å². The number of aliphatic imine (C=N–C) groups is 1. The van der Waals surface area contributed by atoms with Gasteiger partial charge in [-0.25, -0.2) is 22.0 Å². The zero-order valence-corrected chi connectivity index (χ0v) is 25.5. The molecule has 1 spiro atoms. The number of hydrogen-bond acceptors (Lipinski definition) is 7. The Balaban J connectivity index is 1.39. The number of halogens is 3. The molecule has 1 saturated heterocycles. The van der Waals surface area contributed by atoms with E-state index < -0.39 is 43.4 Å². The molecule has 1 amide bonds. The summed E-state index contributed by atoms with van der Waals surface area (Å²) in [4.78, 5) is 20.1. The Labute approximate surface area is 254 Å². The molecular weight excluding hydrogens is 621 g/mol. The van der Waals surface area contributed by atoms with Gasteiger partial charge in [-0.15, -0.1) is 0 Å². The van der Waals surface area contributed by atoms with Gasteiger partial charge < -0.3 is 5.11 Å². The fraction of sp³-hybridized carbons (Fsp3) is 0.448. The molecule has 15 heteroatoms. The number of amides is 1. The predicted octanol–water partition coefficient (Wildman–Crippen LogP) is 3.39. The number of hydrogen-bond donors (Lipinski definition) is 2. The van der Waals surface area contributed by atoms with Crippen LogP contribution < -0.4 is 5.14 Å². The van der Waals surface area contributed by atoms with Crippen molar-refractivity contribution in [3.8, 4) is 0 Å². The molecule has 3 aliphatic rings. The maximum Gasteiger partial charge on any atom is 0.416 e. The minimum Gasteiger partial charge on any atom is -0.393 e. The summed E-state index contributed by atoms with van der Waals surface area (Å²) < 4.78 is 91.4. The van der Waals surface area contributed by atoms with Crippen LogP contribution in [0.4, 0.5) is 13.2 Å². The summed E-state index contributed by atoms with van der Waals surface area (Å²) in [6.45, 7) is 1.53. The Hall–Kier alpha value is -3.11. The summed E-state index contributed by atoms with van der Waals surface area (Å²) >= 11 is 0. The number of sulfonamides is 2. The first-order valence-corrected chi connectivity index (χ1v) is 17.2. The van der Waals surface area contributed by atoms with Crippen molar-refractivity contribution in [3.63, 3.8) is 0 Å². The molecule has 1 aliphatic carbocycles. The molecule has 10 nitrogen and oxygen atoms in total. The van der Waals surface area contributed by atoms with Crippen LogP contribution in [0.3, 0.4) is 0 Å². The van der Waals surface area contributed by atoms with E-state index in [0.29, 0.717) is 36.8 Å². The number of aliphatic hydroxyl groups excluding tert-OH is 1. The average molecular weight is 655 g/mol. The van der Waals surface area contributed by atoms with E-state index in [9.17, 15) is 39.9 Å². The first-order chi connectivity index (χ1) is 20.5. The quantitative estimate of drug-likeness (QED) is 0.488. The molecule has 0 aromatic heterocycles. The zero-order chi connectivity index (χ0) is 32.1. The average Bonchev–Trinajstić information content (AvgIpc) is 3.23. The van der Waals surface area contributed by atoms with Gasteiger partial charge in [-0.1, -0.05) is 18.2 Å². The highest BCUT2D eigenvalue weighted by molar-refractivity contribution is 7.92. The fourth-order valence-corrected chi connectivity index (χ4v) is 7.79. The third-order valence-electron chi connectivity index (χ3n) is 8.54. The third-order valence-corrected chi connectivity index (χ3v) is 11.0. The van der Waals surface area contributed by atoms with Crippen LogP contribution in [0.1, 0.15) is 60.8 Å². The number of piperidine rings is 1. The maximum absolute atomic E-state index is 14.0. The molecule has 0 atom stereocenters. The first kappa shape index (κ1) is 32.3. The number of alkyl halides is 3. The van der Waals surface area contributed by atoms with Gasteiger partial charge in [0.15, 0.2) is 0 Å². The second-order valence-electron chi connectivity index (χ2n) is 11.5. The van der Waals surface area contributed by atoms with Gasteiger partial charge in [0.05, 0.1) is 16.6 Å². The van der Waals surface area contributed by atoms with E-state index in [1.54, 1.807) is 6.92 Å². The van der Waals surface area contributed by atoms with Crippen molar-refractivity contribution < 1.29 is 39.9 Å². The maximum atomic E-state index is 14.0. The number of benzene rings is 2. The second-order valence-corrected chi connectivity index (χ2v) is 14.9. The highest BCUT2D eigenvalue weighted by Crippen LogP contribution is 2.40. The minimum absolute atomic E-state index is 0.0370. The Morgan fingerprint density at radius 1 is 1.02 bits per heavy atom. The van der Waals surface area contributed by atoms with Crippen LogP contribution in [0, 0.1) is 6.92 Å². The summed E-state index contributed by atoms with van der Waals surface area (Å²) in [5, 5.41) is 16.2. The molecule has 0 unspecified atom stereocenters. The van der Waals surface area contributed by atoms with E-state index in [4.69, 9.17) is 10.1 Å². The van der Waals surface area contributed by atoms with Gasteiger partial charge in [0, 0.05) is 30.1 Å². The molecule has 0 bridgehead atoms. The fourth-order valence-electron chi connectivity index (χ4n) is 6.01. The molecule has 2 fully saturated rings. The normalized spacial score (nSPS) is 23.5. The molecule has 2 heterocycles. The minimum atomic E-state index is -4.59. The zero-order valence-electron chi connectivity index (χ0n) is 23.9. The van der Waals surface area contributed by atoms with Crippen molar-refractivity contribution in [2.24, 2.45) is 10.1 Å². The lowest BCUT2D eigenvalue weighted by molar-refractivity contribution is -0.137. The molecular formula is C29H33F3N4O6S2. The lowest BCUT2D eigenvalue weighted by Crippen LogP contribution is -2.53. The highest BCUT2D eigenvalue weighted by Gasteiger charge is 2.53. The van der Waals surface area contributed by atoms with Gasteiger partial charge in [-0.3, -0.25) is 14.7 Å². The number of nitrogens with two attached hydrogens (primary N) is 1. The number of aliphatic hydroxyl groups is 1. The van der Waals surface area contributed by atoms with E-state index in [2.05, 4.69) is 0 Å². The number of carbonyl (C=O) groups excluding carboxylic acids is 1. The Morgan fingerprint density at radius 2 is 1.68 bits per heavy atom. The SMILES string of the molecule is Cc1cc(S(N)(=O)=O)ccc1/C=C/S(=O)(=O)N1CCC2(CC1)N=C(c1cccc(C(F)(F)F)c1)N(C1CCC(O)CC1)C2=O. The van der Waals surface area contributed by atoms with Crippen molar-refractivity contribution >= 4 is 37.9 Å². The van der Waals surface area contributed by atoms with Gasteiger partial charge in [0.2, 0.25) is 20.0 Å². The first-order valence-electron chi connectivity index (χ1n) is 14.1. The van der Waals surface area contributed by atoms with Crippen molar-refractivity contribution in [3.05, 3.63) is 70.1 Å². The van der Waals surface area contributed by atoms with E-state index >= 15 is 0 Å². The molecule has 1 saturated carbocycles. The van der Waals surface area contributed by atoms with E-state index in [0.717, 1.165) is 17.5 Å². The molecule has 2 aromatic carbocycles. The smallest absolute Gasteiger partial charge is 0.393 e. The molecule has 3 N–H and O–H groups in total. The van der Waals surface area contributed by atoms with Gasteiger partial charge >= 0.3 is 6.18 Å². The number of rotatable bonds is 6. The van der Waals surface area contributed by atoms with Crippen LogP contribution in [0.25, 0.3) is 6.08 Å². The summed E-state index contributed by atoms with van der Waals surface area (Å²) in [6, 6.07) is 8.39. The van der Waals surface area contributed by atoms with Crippen LogP contribution in [0.15, 0.2) is 57.8 Å². The molecule has 0 radical (unpaired) electrons. The molecule has 2 aromatic rings. The Bertz CT molecular complexity index is 1730. The highest BCUT2D eigenvalue weighted by atomic mass is 32.2. The van der Waals surface area contributed by atoms with Crippen LogP contribution in [-0.4, -0.2) is 73.7 Å². The van der Waals surface area contributed by atoms with Crippen LogP contribution in [0.2, 0.25) is 0 Å². The van der Waals surface area contributed by atoms with Gasteiger partial charge in [0.1, 0.15) is 11.4 Å². The summed E-state index contributed by atoms with van der Waals surface area (Å²) in [5.41, 5.74) is -1.06. The number of amidine groups is 1. The van der Waals surface area contributed by atoms with E-state index in [1.807, 2.05) is 0 Å². The van der Waals surface area contributed by atoms with Crippen molar-refractivity contribution in [2.75, 3.05) is 13.1 Å². The van der Waals surface area contributed by atoms with Crippen LogP contribution in [0.5, 0.6) is 0 Å². The van der Waals surface area contributed by atoms with Crippen LogP contribution in [-0.2, 0) is 31.0 Å². The predicted molar refractivity (Wildman–Crippen MR) is 157 cm³/mol. The topological polar surface area (TPSA) is 150 Å². The molecule has 2 aliphatic heterocycles. The summed E-state index contributed by atoms with van der Waals surface area (Å²) in [7, 11) is -7.86. The summed E-state index contributed by atoms with van der Waals surface area (Å²) in [5.74, 6) is -0.235. The lowest BCUT2D eigenvalue weighted by Gasteiger charge is -2.38. The lowest BCUT2D eigenvalue weighted by atomic mass is 9.86. The van der Waals surface area contributed by atoms with E-state index in [-0.39, 0.29) is 54.2 Å². The Kier molecular flexibility index (Phi) is 8.57. The molecule has 238 valence electrons. The Morgan fingerprint density at radius 3 is 2.27 bits per heavy atom. The van der Waals surface area contributed by atoms with E-state index in [1.165, 1.54) is 45.6 Å². The molecule has 44 heavy (non-hydrogen) atoms. The monoisotopic (exact) mass is 654 g/mol. The van der Waals surface area contributed by atoms with Crippen LogP contribution >= 0.6 is 0 Å². The number of carbonyl (C=O) groups is 1. The number of nitrogens with zero attached hydrogens (tertiary/aromatic N) is 3. The largest absolute Gasteiger partial charge is 0.416 e. The van der Waals surface area contributed by atoms with Crippen molar-refractivity contribution in [1.29, 1.82) is 0 Å². The van der Waals surface area contributed by atoms with Crippen molar-refractivity contribution in [2.45, 2.75) is 74.2 Å². The summed E-state index contributed by atoms with van der Waals surface area (Å²) in [6.07, 6.45) is -1.86. The van der Waals surface area contributed by atoms with Gasteiger partial charge in [-0.2, -0.15) is 17.5 Å². The second kappa shape index (κ2) is 11.7. The number of primary sulfonamides is 1.